The summed E-state index contributed by atoms with van der Waals surface area (Å²) >= 11 is 0. The average Bonchev–Trinajstić information content (AvgIpc) is 3.04. The average molecular weight is 275 g/mol. The number of hydrogen-bond acceptors (Lipinski definition) is 3. The van der Waals surface area contributed by atoms with Crippen LogP contribution in [-0.2, 0) is 19.4 Å². The predicted molar refractivity (Wildman–Crippen MR) is 80.8 cm³/mol. The standard InChI is InChI=1S/C16H25N3O/c1-5-13-10-14(19(7-3)18-13)11-15(17-6-2)16-9-8-12(4)20-16/h8-10,15,17H,5-7,11H2,1-4H3. The molecule has 1 unspecified atom stereocenters. The van der Waals surface area contributed by atoms with Crippen molar-refractivity contribution in [3.63, 3.8) is 0 Å². The molecule has 0 spiro atoms. The second-order valence-electron chi connectivity index (χ2n) is 5.06. The van der Waals surface area contributed by atoms with Crippen LogP contribution >= 0.6 is 0 Å². The number of nitrogens with one attached hydrogen (secondary N) is 1. The molecule has 0 aliphatic heterocycles. The fraction of sp³-hybridized carbons (Fsp3) is 0.562. The molecule has 1 atom stereocenters. The molecule has 110 valence electrons. The van der Waals surface area contributed by atoms with Gasteiger partial charge in [0.1, 0.15) is 11.5 Å². The number of aryl methyl sites for hydroxylation is 3. The van der Waals surface area contributed by atoms with Crippen LogP contribution in [0.25, 0.3) is 0 Å². The lowest BCUT2D eigenvalue weighted by Gasteiger charge is -2.16. The normalized spacial score (nSPS) is 12.8. The smallest absolute Gasteiger partial charge is 0.121 e. The van der Waals surface area contributed by atoms with Crippen molar-refractivity contribution in [2.45, 2.75) is 53.1 Å². The van der Waals surface area contributed by atoms with Crippen molar-refractivity contribution in [2.24, 2.45) is 0 Å². The monoisotopic (exact) mass is 275 g/mol. The molecule has 0 fully saturated rings. The number of furan rings is 1. The zero-order valence-corrected chi connectivity index (χ0v) is 12.9. The van der Waals surface area contributed by atoms with Crippen molar-refractivity contribution in [3.05, 3.63) is 41.1 Å². The molecule has 0 bridgehead atoms. The molecule has 1 N–H and O–H groups in total. The molecule has 2 heterocycles. The largest absolute Gasteiger partial charge is 0.465 e. The van der Waals surface area contributed by atoms with Gasteiger partial charge in [-0.2, -0.15) is 5.10 Å². The zero-order valence-electron chi connectivity index (χ0n) is 12.9. The summed E-state index contributed by atoms with van der Waals surface area (Å²) in [6, 6.07) is 6.51. The number of nitrogens with zero attached hydrogens (tertiary/aromatic N) is 2. The van der Waals surface area contributed by atoms with Crippen molar-refractivity contribution in [1.29, 1.82) is 0 Å². The molecule has 0 aliphatic carbocycles. The maximum absolute atomic E-state index is 5.78. The van der Waals surface area contributed by atoms with Crippen LogP contribution in [0.3, 0.4) is 0 Å². The van der Waals surface area contributed by atoms with Gasteiger partial charge in [-0.25, -0.2) is 0 Å². The molecular weight excluding hydrogens is 250 g/mol. The number of aromatic nitrogens is 2. The second-order valence-corrected chi connectivity index (χ2v) is 5.06. The summed E-state index contributed by atoms with van der Waals surface area (Å²) in [4.78, 5) is 0. The van der Waals surface area contributed by atoms with Crippen LogP contribution < -0.4 is 5.32 Å². The van der Waals surface area contributed by atoms with Crippen LogP contribution in [0.5, 0.6) is 0 Å². The molecule has 2 aromatic rings. The van der Waals surface area contributed by atoms with Crippen LogP contribution in [-0.4, -0.2) is 16.3 Å². The molecule has 0 radical (unpaired) electrons. The van der Waals surface area contributed by atoms with Gasteiger partial charge in [0.05, 0.1) is 11.7 Å². The highest BCUT2D eigenvalue weighted by Crippen LogP contribution is 2.21. The Morgan fingerprint density at radius 1 is 1.30 bits per heavy atom. The molecular formula is C16H25N3O. The third-order valence-corrected chi connectivity index (χ3v) is 3.54. The van der Waals surface area contributed by atoms with Gasteiger partial charge in [0, 0.05) is 18.7 Å². The highest BCUT2D eigenvalue weighted by Gasteiger charge is 2.17. The van der Waals surface area contributed by atoms with Crippen LogP contribution in [0.2, 0.25) is 0 Å². The molecule has 0 saturated heterocycles. The van der Waals surface area contributed by atoms with Crippen molar-refractivity contribution in [2.75, 3.05) is 6.54 Å². The van der Waals surface area contributed by atoms with Crippen molar-refractivity contribution >= 4 is 0 Å². The van der Waals surface area contributed by atoms with Gasteiger partial charge in [-0.05, 0) is 45.0 Å². The Bertz CT molecular complexity index is 542. The van der Waals surface area contributed by atoms with Crippen LogP contribution in [0.4, 0.5) is 0 Å². The highest BCUT2D eigenvalue weighted by atomic mass is 16.3. The van der Waals surface area contributed by atoms with E-state index in [4.69, 9.17) is 4.42 Å². The first-order valence-electron chi connectivity index (χ1n) is 7.53. The summed E-state index contributed by atoms with van der Waals surface area (Å²) in [5.74, 6) is 1.97. The first-order chi connectivity index (χ1) is 9.67. The lowest BCUT2D eigenvalue weighted by molar-refractivity contribution is 0.397. The van der Waals surface area contributed by atoms with Crippen molar-refractivity contribution in [1.82, 2.24) is 15.1 Å². The minimum atomic E-state index is 0.209. The van der Waals surface area contributed by atoms with E-state index >= 15 is 0 Å². The Hall–Kier alpha value is -1.55. The molecule has 0 aromatic carbocycles. The second kappa shape index (κ2) is 6.75. The van der Waals surface area contributed by atoms with E-state index in [0.717, 1.165) is 43.1 Å². The van der Waals surface area contributed by atoms with Gasteiger partial charge in [0.2, 0.25) is 0 Å². The van der Waals surface area contributed by atoms with Gasteiger partial charge in [-0.3, -0.25) is 4.68 Å². The van der Waals surface area contributed by atoms with E-state index in [-0.39, 0.29) is 6.04 Å². The quantitative estimate of drug-likeness (QED) is 0.843. The summed E-state index contributed by atoms with van der Waals surface area (Å²) < 4.78 is 7.88. The molecule has 4 heteroatoms. The van der Waals surface area contributed by atoms with Gasteiger partial charge in [0.25, 0.3) is 0 Å². The minimum Gasteiger partial charge on any atom is -0.465 e. The molecule has 0 aliphatic rings. The van der Waals surface area contributed by atoms with Gasteiger partial charge in [-0.15, -0.1) is 0 Å². The fourth-order valence-corrected chi connectivity index (χ4v) is 2.50. The van der Waals surface area contributed by atoms with Gasteiger partial charge < -0.3 is 9.73 Å². The summed E-state index contributed by atoms with van der Waals surface area (Å²) in [5, 5.41) is 8.12. The molecule has 2 rings (SSSR count). The molecule has 2 aromatic heterocycles. The van der Waals surface area contributed by atoms with Crippen LogP contribution in [0, 0.1) is 6.92 Å². The lowest BCUT2D eigenvalue weighted by atomic mass is 10.1. The third-order valence-electron chi connectivity index (χ3n) is 3.54. The Kier molecular flexibility index (Phi) is 5.01. The van der Waals surface area contributed by atoms with E-state index in [9.17, 15) is 0 Å². The number of likely N-dealkylation sites (N-methyl/N-ethyl adjacent to an activating group) is 1. The SMILES string of the molecule is CCNC(Cc1cc(CC)nn1CC)c1ccc(C)o1. The van der Waals surface area contributed by atoms with Gasteiger partial charge >= 0.3 is 0 Å². The molecule has 4 nitrogen and oxygen atoms in total. The lowest BCUT2D eigenvalue weighted by Crippen LogP contribution is -2.23. The number of hydrogen-bond donors (Lipinski definition) is 1. The van der Waals surface area contributed by atoms with Crippen LogP contribution in [0.15, 0.2) is 22.6 Å². The van der Waals surface area contributed by atoms with E-state index in [1.807, 2.05) is 13.0 Å². The van der Waals surface area contributed by atoms with E-state index in [2.05, 4.69) is 48.0 Å². The maximum atomic E-state index is 5.78. The fourth-order valence-electron chi connectivity index (χ4n) is 2.50. The summed E-state index contributed by atoms with van der Waals surface area (Å²) in [6.07, 6.45) is 1.88. The Morgan fingerprint density at radius 2 is 2.10 bits per heavy atom. The maximum Gasteiger partial charge on any atom is 0.121 e. The third kappa shape index (κ3) is 3.31. The number of rotatable bonds is 7. The summed E-state index contributed by atoms with van der Waals surface area (Å²) in [5.41, 5.74) is 2.43. The topological polar surface area (TPSA) is 43.0 Å². The Balaban J connectivity index is 2.21. The first kappa shape index (κ1) is 14.9. The van der Waals surface area contributed by atoms with E-state index in [1.54, 1.807) is 0 Å². The molecule has 0 saturated carbocycles. The summed E-state index contributed by atoms with van der Waals surface area (Å²) in [6.45, 7) is 10.2. The van der Waals surface area contributed by atoms with Crippen molar-refractivity contribution < 1.29 is 4.42 Å². The zero-order chi connectivity index (χ0) is 14.5. The van der Waals surface area contributed by atoms with Crippen LogP contribution in [0.1, 0.15) is 49.7 Å². The van der Waals surface area contributed by atoms with Gasteiger partial charge in [0.15, 0.2) is 0 Å². The summed E-state index contributed by atoms with van der Waals surface area (Å²) in [7, 11) is 0. The van der Waals surface area contributed by atoms with E-state index < -0.39 is 0 Å². The molecule has 20 heavy (non-hydrogen) atoms. The Labute approximate surface area is 121 Å². The minimum absolute atomic E-state index is 0.209. The van der Waals surface area contributed by atoms with Crippen molar-refractivity contribution in [3.8, 4) is 0 Å². The first-order valence-corrected chi connectivity index (χ1v) is 7.53. The molecule has 0 amide bonds. The van der Waals surface area contributed by atoms with E-state index in [0.29, 0.717) is 0 Å². The Morgan fingerprint density at radius 3 is 2.65 bits per heavy atom. The van der Waals surface area contributed by atoms with Gasteiger partial charge in [-0.1, -0.05) is 13.8 Å². The predicted octanol–water partition coefficient (Wildman–Crippen LogP) is 3.26. The highest BCUT2D eigenvalue weighted by molar-refractivity contribution is 5.16. The van der Waals surface area contributed by atoms with E-state index in [1.165, 1.54) is 5.69 Å².